The van der Waals surface area contributed by atoms with Crippen LogP contribution in [0.25, 0.3) is 0 Å². The standard InChI is InChI=1S/C14H13FN4O/c15-10-4-3-9-5-7-19(12(9)8-10)11-2-1-6-17-13(11)14(16)18-20/h1-4,6,8,20H,5,7H2,(H2,16,18). The highest BCUT2D eigenvalue weighted by Gasteiger charge is 2.24. The zero-order valence-electron chi connectivity index (χ0n) is 10.6. The quantitative estimate of drug-likeness (QED) is 0.379. The third-order valence-corrected chi connectivity index (χ3v) is 3.37. The summed E-state index contributed by atoms with van der Waals surface area (Å²) in [5.41, 5.74) is 8.60. The van der Waals surface area contributed by atoms with Gasteiger partial charge in [0.05, 0.1) is 5.69 Å². The molecular formula is C14H13FN4O. The summed E-state index contributed by atoms with van der Waals surface area (Å²) in [5.74, 6) is -0.352. The van der Waals surface area contributed by atoms with Crippen LogP contribution in [0.3, 0.4) is 0 Å². The number of pyridine rings is 1. The maximum absolute atomic E-state index is 13.4. The summed E-state index contributed by atoms with van der Waals surface area (Å²) in [7, 11) is 0. The molecule has 0 unspecified atom stereocenters. The van der Waals surface area contributed by atoms with Crippen LogP contribution in [0.5, 0.6) is 0 Å². The maximum atomic E-state index is 13.4. The number of halogens is 1. The number of hydrogen-bond acceptors (Lipinski definition) is 4. The first-order valence-electron chi connectivity index (χ1n) is 6.19. The molecule has 0 aliphatic carbocycles. The van der Waals surface area contributed by atoms with Gasteiger partial charge in [-0.25, -0.2) is 4.39 Å². The van der Waals surface area contributed by atoms with E-state index in [0.717, 1.165) is 17.7 Å². The predicted molar refractivity (Wildman–Crippen MR) is 73.9 cm³/mol. The van der Waals surface area contributed by atoms with E-state index < -0.39 is 0 Å². The highest BCUT2D eigenvalue weighted by atomic mass is 19.1. The van der Waals surface area contributed by atoms with Gasteiger partial charge in [-0.3, -0.25) is 4.98 Å². The molecule has 0 atom stereocenters. The Hall–Kier alpha value is -2.63. The Balaban J connectivity index is 2.11. The topological polar surface area (TPSA) is 74.7 Å². The Bertz CT molecular complexity index is 687. The second-order valence-corrected chi connectivity index (χ2v) is 4.53. The number of amidine groups is 1. The van der Waals surface area contributed by atoms with Crippen LogP contribution in [0.2, 0.25) is 0 Å². The Morgan fingerprint density at radius 3 is 3.00 bits per heavy atom. The van der Waals surface area contributed by atoms with Crippen molar-refractivity contribution in [1.82, 2.24) is 4.98 Å². The molecule has 3 N–H and O–H groups in total. The van der Waals surface area contributed by atoms with Crippen LogP contribution in [-0.4, -0.2) is 22.6 Å². The second kappa shape index (κ2) is 4.80. The normalized spacial score (nSPS) is 14.4. The third-order valence-electron chi connectivity index (χ3n) is 3.37. The van der Waals surface area contributed by atoms with Gasteiger partial charge in [0.25, 0.3) is 0 Å². The van der Waals surface area contributed by atoms with Gasteiger partial charge in [0, 0.05) is 18.4 Å². The van der Waals surface area contributed by atoms with Gasteiger partial charge in [0.15, 0.2) is 5.84 Å². The minimum absolute atomic E-state index is 0.0644. The molecule has 0 fully saturated rings. The minimum atomic E-state index is -0.287. The van der Waals surface area contributed by atoms with E-state index in [0.29, 0.717) is 17.9 Å². The SMILES string of the molecule is N/C(=N/O)c1ncccc1N1CCc2ccc(F)cc21. The molecule has 5 nitrogen and oxygen atoms in total. The van der Waals surface area contributed by atoms with E-state index >= 15 is 0 Å². The van der Waals surface area contributed by atoms with Crippen molar-refractivity contribution in [3.63, 3.8) is 0 Å². The molecule has 102 valence electrons. The van der Waals surface area contributed by atoms with Crippen LogP contribution >= 0.6 is 0 Å². The third kappa shape index (κ3) is 1.95. The van der Waals surface area contributed by atoms with Crippen molar-refractivity contribution in [3.05, 3.63) is 53.6 Å². The van der Waals surface area contributed by atoms with Crippen molar-refractivity contribution in [3.8, 4) is 0 Å². The second-order valence-electron chi connectivity index (χ2n) is 4.53. The van der Waals surface area contributed by atoms with Crippen molar-refractivity contribution in [2.24, 2.45) is 10.9 Å². The molecule has 1 aromatic heterocycles. The monoisotopic (exact) mass is 272 g/mol. The molecule has 20 heavy (non-hydrogen) atoms. The Morgan fingerprint density at radius 1 is 1.35 bits per heavy atom. The molecule has 0 radical (unpaired) electrons. The van der Waals surface area contributed by atoms with E-state index in [-0.39, 0.29) is 11.7 Å². The summed E-state index contributed by atoms with van der Waals surface area (Å²) in [5, 5.41) is 11.8. The van der Waals surface area contributed by atoms with Crippen molar-refractivity contribution in [1.29, 1.82) is 0 Å². The lowest BCUT2D eigenvalue weighted by molar-refractivity contribution is 0.318. The van der Waals surface area contributed by atoms with E-state index in [1.807, 2.05) is 11.0 Å². The van der Waals surface area contributed by atoms with Crippen LogP contribution in [0.15, 0.2) is 41.7 Å². The van der Waals surface area contributed by atoms with Crippen LogP contribution in [0.1, 0.15) is 11.3 Å². The average Bonchev–Trinajstić information content (AvgIpc) is 2.89. The zero-order chi connectivity index (χ0) is 14.1. The van der Waals surface area contributed by atoms with E-state index in [1.54, 1.807) is 18.3 Å². The van der Waals surface area contributed by atoms with Crippen LogP contribution in [0, 0.1) is 5.82 Å². The van der Waals surface area contributed by atoms with Crippen LogP contribution < -0.4 is 10.6 Å². The largest absolute Gasteiger partial charge is 0.409 e. The predicted octanol–water partition coefficient (Wildman–Crippen LogP) is 2.01. The molecule has 1 aliphatic heterocycles. The van der Waals surface area contributed by atoms with Gasteiger partial charge < -0.3 is 15.8 Å². The number of nitrogens with zero attached hydrogens (tertiary/aromatic N) is 3. The number of oxime groups is 1. The van der Waals surface area contributed by atoms with E-state index in [4.69, 9.17) is 10.9 Å². The van der Waals surface area contributed by atoms with Gasteiger partial charge in [-0.15, -0.1) is 0 Å². The molecule has 1 aromatic carbocycles. The molecule has 0 amide bonds. The number of nitrogens with two attached hydrogens (primary N) is 1. The molecule has 6 heteroatoms. The number of anilines is 2. The Kier molecular flexibility index (Phi) is 2.98. The number of hydrogen-bond donors (Lipinski definition) is 2. The van der Waals surface area contributed by atoms with Crippen molar-refractivity contribution in [2.45, 2.75) is 6.42 Å². The van der Waals surface area contributed by atoms with E-state index in [2.05, 4.69) is 10.1 Å². The first-order chi connectivity index (χ1) is 9.70. The summed E-state index contributed by atoms with van der Waals surface area (Å²) in [6.45, 7) is 0.705. The zero-order valence-corrected chi connectivity index (χ0v) is 10.6. The summed E-state index contributed by atoms with van der Waals surface area (Å²) in [4.78, 5) is 6.07. The Labute approximate surface area is 115 Å². The maximum Gasteiger partial charge on any atom is 0.190 e. The van der Waals surface area contributed by atoms with E-state index in [9.17, 15) is 4.39 Å². The molecule has 0 spiro atoms. The van der Waals surface area contributed by atoms with Crippen molar-refractivity contribution >= 4 is 17.2 Å². The fourth-order valence-corrected chi connectivity index (χ4v) is 2.46. The summed E-state index contributed by atoms with van der Waals surface area (Å²) in [6.07, 6.45) is 2.39. The van der Waals surface area contributed by atoms with Gasteiger partial charge in [-0.2, -0.15) is 0 Å². The number of benzene rings is 1. The molecule has 0 saturated heterocycles. The van der Waals surface area contributed by atoms with Crippen molar-refractivity contribution < 1.29 is 9.60 Å². The number of rotatable bonds is 2. The number of aromatic nitrogens is 1. The van der Waals surface area contributed by atoms with Crippen molar-refractivity contribution in [2.75, 3.05) is 11.4 Å². The summed E-state index contributed by atoms with van der Waals surface area (Å²) in [6, 6.07) is 8.31. The van der Waals surface area contributed by atoms with Gasteiger partial charge in [-0.05, 0) is 36.2 Å². The molecule has 1 aliphatic rings. The summed E-state index contributed by atoms with van der Waals surface area (Å²) >= 11 is 0. The Morgan fingerprint density at radius 2 is 2.20 bits per heavy atom. The lowest BCUT2D eigenvalue weighted by Crippen LogP contribution is -2.22. The number of fused-ring (bicyclic) bond motifs is 1. The highest BCUT2D eigenvalue weighted by Crippen LogP contribution is 2.36. The molecule has 0 bridgehead atoms. The molecular weight excluding hydrogens is 259 g/mol. The average molecular weight is 272 g/mol. The molecule has 2 aromatic rings. The first kappa shape index (κ1) is 12.4. The lowest BCUT2D eigenvalue weighted by atomic mass is 10.1. The van der Waals surface area contributed by atoms with Gasteiger partial charge in [0.2, 0.25) is 0 Å². The van der Waals surface area contributed by atoms with E-state index in [1.165, 1.54) is 12.1 Å². The van der Waals surface area contributed by atoms with Crippen LogP contribution in [-0.2, 0) is 6.42 Å². The molecule has 3 rings (SSSR count). The highest BCUT2D eigenvalue weighted by molar-refractivity contribution is 6.01. The fraction of sp³-hybridized carbons (Fsp3) is 0.143. The lowest BCUT2D eigenvalue weighted by Gasteiger charge is -2.21. The van der Waals surface area contributed by atoms with Gasteiger partial charge >= 0.3 is 0 Å². The molecule has 0 saturated carbocycles. The van der Waals surface area contributed by atoms with Gasteiger partial charge in [-0.1, -0.05) is 11.2 Å². The minimum Gasteiger partial charge on any atom is -0.409 e. The van der Waals surface area contributed by atoms with Gasteiger partial charge in [0.1, 0.15) is 11.5 Å². The smallest absolute Gasteiger partial charge is 0.190 e. The van der Waals surface area contributed by atoms with Crippen LogP contribution in [0.4, 0.5) is 15.8 Å². The summed E-state index contributed by atoms with van der Waals surface area (Å²) < 4.78 is 13.4. The first-order valence-corrected chi connectivity index (χ1v) is 6.19. The molecule has 2 heterocycles. The fourth-order valence-electron chi connectivity index (χ4n) is 2.46.